The maximum atomic E-state index is 12.9. The minimum absolute atomic E-state index is 0.0118. The largest absolute Gasteiger partial charge is 0.368 e. The Morgan fingerprint density at radius 1 is 1.00 bits per heavy atom. The maximum Gasteiger partial charge on any atom is 0.241 e. The first kappa shape index (κ1) is 20.2. The molecule has 0 aliphatic rings. The van der Waals surface area contributed by atoms with E-state index in [0.717, 1.165) is 37.7 Å². The second-order valence-corrected chi connectivity index (χ2v) is 9.61. The SMILES string of the molecule is CCCS(=O)(=O)n1c(N)nc2ccc(-c3c(-c4cccc(C)n4)nn4ccccc34)cc21. The van der Waals surface area contributed by atoms with Gasteiger partial charge in [0.15, 0.2) is 0 Å². The molecule has 4 aromatic heterocycles. The minimum atomic E-state index is -3.62. The Balaban J connectivity index is 1.81. The highest BCUT2D eigenvalue weighted by Gasteiger charge is 2.23. The summed E-state index contributed by atoms with van der Waals surface area (Å²) in [4.78, 5) is 8.93. The van der Waals surface area contributed by atoms with E-state index < -0.39 is 10.0 Å². The molecule has 9 heteroatoms. The molecule has 32 heavy (non-hydrogen) atoms. The number of anilines is 1. The fourth-order valence-electron chi connectivity index (χ4n) is 4.01. The van der Waals surface area contributed by atoms with Crippen LogP contribution in [-0.2, 0) is 10.0 Å². The van der Waals surface area contributed by atoms with E-state index in [1.54, 1.807) is 10.6 Å². The fraction of sp³-hybridized carbons (Fsp3) is 0.174. The van der Waals surface area contributed by atoms with Crippen LogP contribution >= 0.6 is 0 Å². The van der Waals surface area contributed by atoms with Gasteiger partial charge in [0.05, 0.1) is 28.0 Å². The third-order valence-corrected chi connectivity index (χ3v) is 7.20. The van der Waals surface area contributed by atoms with E-state index in [0.29, 0.717) is 17.5 Å². The molecule has 0 fully saturated rings. The van der Waals surface area contributed by atoms with Crippen LogP contribution in [0.1, 0.15) is 19.0 Å². The number of imidazole rings is 1. The summed E-state index contributed by atoms with van der Waals surface area (Å²) < 4.78 is 28.7. The standard InChI is InChI=1S/C23H22N6O2S/c1-3-13-32(30,31)29-20-14-16(10-11-17(20)26-23(29)24)21-19-9-4-5-12-28(19)27-22(21)18-8-6-7-15(2)25-18/h4-12,14H,3,13H2,1-2H3,(H2,24,26). The summed E-state index contributed by atoms with van der Waals surface area (Å²) in [7, 11) is -3.62. The lowest BCUT2D eigenvalue weighted by atomic mass is 10.0. The number of nitrogens with zero attached hydrogens (tertiary/aromatic N) is 5. The second kappa shape index (κ2) is 7.45. The van der Waals surface area contributed by atoms with Gasteiger partial charge >= 0.3 is 0 Å². The molecule has 0 amide bonds. The number of pyridine rings is 2. The van der Waals surface area contributed by atoms with Gasteiger partial charge in [0.1, 0.15) is 5.69 Å². The second-order valence-electron chi connectivity index (χ2n) is 7.67. The van der Waals surface area contributed by atoms with Crippen LogP contribution in [0.2, 0.25) is 0 Å². The van der Waals surface area contributed by atoms with E-state index in [9.17, 15) is 8.42 Å². The van der Waals surface area contributed by atoms with Crippen LogP contribution in [0.25, 0.3) is 39.1 Å². The molecule has 0 spiro atoms. The van der Waals surface area contributed by atoms with Crippen LogP contribution in [0.5, 0.6) is 0 Å². The number of aromatic nitrogens is 5. The number of nitrogens with two attached hydrogens (primary N) is 1. The van der Waals surface area contributed by atoms with Crippen molar-refractivity contribution in [2.24, 2.45) is 0 Å². The summed E-state index contributed by atoms with van der Waals surface area (Å²) in [6, 6.07) is 17.2. The molecular weight excluding hydrogens is 424 g/mol. The predicted molar refractivity (Wildman–Crippen MR) is 126 cm³/mol. The van der Waals surface area contributed by atoms with Crippen molar-refractivity contribution in [2.75, 3.05) is 11.5 Å². The van der Waals surface area contributed by atoms with Crippen LogP contribution < -0.4 is 5.73 Å². The minimum Gasteiger partial charge on any atom is -0.368 e. The smallest absolute Gasteiger partial charge is 0.241 e. The number of fused-ring (bicyclic) bond motifs is 2. The monoisotopic (exact) mass is 446 g/mol. The summed E-state index contributed by atoms with van der Waals surface area (Å²) in [6.45, 7) is 3.75. The first-order valence-electron chi connectivity index (χ1n) is 10.3. The number of rotatable bonds is 5. The van der Waals surface area contributed by atoms with E-state index in [2.05, 4.69) is 9.97 Å². The Morgan fingerprint density at radius 2 is 1.84 bits per heavy atom. The molecule has 162 valence electrons. The Kier molecular flexibility index (Phi) is 4.70. The molecule has 4 heterocycles. The highest BCUT2D eigenvalue weighted by Crippen LogP contribution is 2.36. The van der Waals surface area contributed by atoms with Gasteiger partial charge < -0.3 is 5.73 Å². The van der Waals surface area contributed by atoms with Crippen LogP contribution in [0.15, 0.2) is 60.8 Å². The van der Waals surface area contributed by atoms with Gasteiger partial charge in [0.2, 0.25) is 16.0 Å². The Bertz CT molecular complexity index is 1580. The average Bonchev–Trinajstić information content (AvgIpc) is 3.30. The molecule has 0 atom stereocenters. The van der Waals surface area contributed by atoms with Crippen LogP contribution in [0.4, 0.5) is 5.95 Å². The summed E-state index contributed by atoms with van der Waals surface area (Å²) in [5, 5.41) is 4.78. The number of benzene rings is 1. The molecular formula is C23H22N6O2S. The molecule has 0 aliphatic heterocycles. The van der Waals surface area contributed by atoms with Crippen molar-refractivity contribution in [1.29, 1.82) is 0 Å². The van der Waals surface area contributed by atoms with Gasteiger partial charge in [-0.2, -0.15) is 5.10 Å². The average molecular weight is 447 g/mol. The Labute approximate surface area is 185 Å². The Hall–Kier alpha value is -3.72. The lowest BCUT2D eigenvalue weighted by molar-refractivity contribution is 0.588. The normalized spacial score (nSPS) is 12.1. The molecule has 0 saturated carbocycles. The lowest BCUT2D eigenvalue weighted by Crippen LogP contribution is -2.18. The topological polar surface area (TPSA) is 108 Å². The molecule has 1 aromatic carbocycles. The first-order valence-corrected chi connectivity index (χ1v) is 11.9. The molecule has 0 unspecified atom stereocenters. The highest BCUT2D eigenvalue weighted by molar-refractivity contribution is 7.90. The van der Waals surface area contributed by atoms with Gasteiger partial charge in [-0.05, 0) is 55.3 Å². The molecule has 8 nitrogen and oxygen atoms in total. The van der Waals surface area contributed by atoms with Crippen molar-refractivity contribution in [2.45, 2.75) is 20.3 Å². The van der Waals surface area contributed by atoms with E-state index >= 15 is 0 Å². The Morgan fingerprint density at radius 3 is 2.62 bits per heavy atom. The molecule has 0 aliphatic carbocycles. The van der Waals surface area contributed by atoms with Crippen molar-refractivity contribution in [1.82, 2.24) is 23.6 Å². The third-order valence-electron chi connectivity index (χ3n) is 5.34. The van der Waals surface area contributed by atoms with E-state index in [1.165, 1.54) is 0 Å². The van der Waals surface area contributed by atoms with E-state index in [4.69, 9.17) is 10.8 Å². The zero-order valence-corrected chi connectivity index (χ0v) is 18.5. The van der Waals surface area contributed by atoms with Gasteiger partial charge in [0.25, 0.3) is 0 Å². The molecule has 5 aromatic rings. The van der Waals surface area contributed by atoms with Gasteiger partial charge in [0, 0.05) is 17.5 Å². The van der Waals surface area contributed by atoms with Crippen LogP contribution in [0, 0.1) is 6.92 Å². The number of hydrogen-bond acceptors (Lipinski definition) is 6. The molecule has 0 radical (unpaired) electrons. The molecule has 2 N–H and O–H groups in total. The maximum absolute atomic E-state index is 12.9. The molecule has 0 saturated heterocycles. The molecule has 5 rings (SSSR count). The quantitative estimate of drug-likeness (QED) is 0.439. The van der Waals surface area contributed by atoms with Crippen molar-refractivity contribution in [3.8, 4) is 22.5 Å². The highest BCUT2D eigenvalue weighted by atomic mass is 32.2. The van der Waals surface area contributed by atoms with Crippen molar-refractivity contribution >= 4 is 32.5 Å². The number of hydrogen-bond donors (Lipinski definition) is 1. The summed E-state index contributed by atoms with van der Waals surface area (Å²) >= 11 is 0. The van der Waals surface area contributed by atoms with Crippen molar-refractivity contribution in [3.63, 3.8) is 0 Å². The zero-order chi connectivity index (χ0) is 22.5. The first-order chi connectivity index (χ1) is 15.4. The summed E-state index contributed by atoms with van der Waals surface area (Å²) in [5.41, 5.74) is 11.9. The van der Waals surface area contributed by atoms with Crippen LogP contribution in [0.3, 0.4) is 0 Å². The fourth-order valence-corrected chi connectivity index (χ4v) is 5.48. The van der Waals surface area contributed by atoms with Crippen LogP contribution in [-0.4, -0.2) is 37.7 Å². The van der Waals surface area contributed by atoms with Crippen molar-refractivity contribution in [3.05, 3.63) is 66.5 Å². The number of nitrogen functional groups attached to an aromatic ring is 1. The van der Waals surface area contributed by atoms with Gasteiger partial charge in [-0.25, -0.2) is 21.9 Å². The van der Waals surface area contributed by atoms with E-state index in [-0.39, 0.29) is 11.7 Å². The van der Waals surface area contributed by atoms with Gasteiger partial charge in [-0.15, -0.1) is 0 Å². The van der Waals surface area contributed by atoms with E-state index in [1.807, 2.05) is 68.6 Å². The lowest BCUT2D eigenvalue weighted by Gasteiger charge is -2.08. The summed E-state index contributed by atoms with van der Waals surface area (Å²) in [5.74, 6) is -0.0479. The molecule has 0 bridgehead atoms. The van der Waals surface area contributed by atoms with Crippen molar-refractivity contribution < 1.29 is 8.42 Å². The zero-order valence-electron chi connectivity index (χ0n) is 17.7. The summed E-state index contributed by atoms with van der Waals surface area (Å²) in [6.07, 6.45) is 2.36. The number of aryl methyl sites for hydroxylation is 1. The predicted octanol–water partition coefficient (Wildman–Crippen LogP) is 3.89. The third kappa shape index (κ3) is 3.21. The van der Waals surface area contributed by atoms with Gasteiger partial charge in [-0.3, -0.25) is 4.98 Å². The van der Waals surface area contributed by atoms with Gasteiger partial charge in [-0.1, -0.05) is 25.1 Å².